The van der Waals surface area contributed by atoms with Crippen molar-refractivity contribution in [1.82, 2.24) is 9.62 Å². The molecular formula is C10H14ClN3O4S. The summed E-state index contributed by atoms with van der Waals surface area (Å²) in [5.74, 6) is 0. The predicted molar refractivity (Wildman–Crippen MR) is 72.0 cm³/mol. The number of likely N-dealkylation sites (N-methyl/N-ethyl adjacent to an activating group) is 1. The fraction of sp³-hybridized carbons (Fsp3) is 0.400. The highest BCUT2D eigenvalue weighted by Crippen LogP contribution is 2.26. The zero-order chi connectivity index (χ0) is 13.3. The van der Waals surface area contributed by atoms with Gasteiger partial charge in [-0.05, 0) is 6.07 Å². The number of halogens is 1. The van der Waals surface area contributed by atoms with Crippen molar-refractivity contribution in [2.24, 2.45) is 0 Å². The number of para-hydroxylation sites is 1. The Hall–Kier alpha value is -1.22. The molecule has 1 aliphatic rings. The third kappa shape index (κ3) is 2.86. The van der Waals surface area contributed by atoms with Crippen molar-refractivity contribution in [3.8, 4) is 0 Å². The zero-order valence-corrected chi connectivity index (χ0v) is 11.8. The summed E-state index contributed by atoms with van der Waals surface area (Å²) in [5, 5.41) is 13.8. The van der Waals surface area contributed by atoms with Crippen LogP contribution in [0.3, 0.4) is 0 Å². The molecule has 0 unspecified atom stereocenters. The molecule has 2 rings (SSSR count). The minimum Gasteiger partial charge on any atom is -0.313 e. The highest BCUT2D eigenvalue weighted by molar-refractivity contribution is 7.89. The normalized spacial score (nSPS) is 15.7. The molecule has 1 aromatic carbocycles. The summed E-state index contributed by atoms with van der Waals surface area (Å²) in [7, 11) is -2.38. The van der Waals surface area contributed by atoms with Gasteiger partial charge in [-0.15, -0.1) is 12.4 Å². The first-order chi connectivity index (χ1) is 8.44. The van der Waals surface area contributed by atoms with Crippen LogP contribution in [0.5, 0.6) is 0 Å². The van der Waals surface area contributed by atoms with Crippen LogP contribution in [0, 0.1) is 10.1 Å². The number of rotatable bonds is 4. The highest BCUT2D eigenvalue weighted by atomic mass is 35.5. The quantitative estimate of drug-likeness (QED) is 0.650. The molecule has 1 saturated heterocycles. The van der Waals surface area contributed by atoms with Gasteiger partial charge in [0.2, 0.25) is 10.0 Å². The van der Waals surface area contributed by atoms with Crippen molar-refractivity contribution in [1.29, 1.82) is 0 Å². The third-order valence-electron chi connectivity index (χ3n) is 2.99. The SMILES string of the molecule is CN(C1CNC1)S(=O)(=O)c1ccccc1[N+](=O)[O-].Cl. The first kappa shape index (κ1) is 15.8. The van der Waals surface area contributed by atoms with Gasteiger partial charge in [0.1, 0.15) is 0 Å². The molecule has 1 N–H and O–H groups in total. The van der Waals surface area contributed by atoms with Gasteiger partial charge in [-0.3, -0.25) is 10.1 Å². The lowest BCUT2D eigenvalue weighted by molar-refractivity contribution is -0.387. The number of nitrogens with one attached hydrogen (secondary N) is 1. The van der Waals surface area contributed by atoms with E-state index in [1.54, 1.807) is 0 Å². The van der Waals surface area contributed by atoms with Gasteiger partial charge >= 0.3 is 0 Å². The van der Waals surface area contributed by atoms with Crippen LogP contribution in [0.2, 0.25) is 0 Å². The lowest BCUT2D eigenvalue weighted by atomic mass is 10.2. The molecule has 0 spiro atoms. The Morgan fingerprint density at radius 2 is 1.95 bits per heavy atom. The number of hydrogen-bond donors (Lipinski definition) is 1. The summed E-state index contributed by atoms with van der Waals surface area (Å²) in [6.07, 6.45) is 0. The Morgan fingerprint density at radius 3 is 2.42 bits per heavy atom. The van der Waals surface area contributed by atoms with Crippen LogP contribution in [-0.4, -0.2) is 43.8 Å². The van der Waals surface area contributed by atoms with Crippen molar-refractivity contribution in [3.63, 3.8) is 0 Å². The van der Waals surface area contributed by atoms with Crippen LogP contribution in [0.25, 0.3) is 0 Å². The van der Waals surface area contributed by atoms with Gasteiger partial charge in [-0.25, -0.2) is 8.42 Å². The molecule has 9 heteroatoms. The topological polar surface area (TPSA) is 92.6 Å². The molecule has 1 fully saturated rings. The van der Waals surface area contributed by atoms with Crippen molar-refractivity contribution in [2.45, 2.75) is 10.9 Å². The maximum Gasteiger partial charge on any atom is 0.289 e. The van der Waals surface area contributed by atoms with E-state index in [1.165, 1.54) is 35.6 Å². The Kier molecular flexibility index (Phi) is 4.86. The van der Waals surface area contributed by atoms with Crippen molar-refractivity contribution < 1.29 is 13.3 Å². The van der Waals surface area contributed by atoms with E-state index in [9.17, 15) is 18.5 Å². The molecule has 0 aromatic heterocycles. The predicted octanol–water partition coefficient (Wildman–Crippen LogP) is 0.609. The van der Waals surface area contributed by atoms with Gasteiger partial charge in [0.05, 0.1) is 4.92 Å². The molecule has 0 bridgehead atoms. The maximum atomic E-state index is 12.3. The molecule has 1 heterocycles. The minimum absolute atomic E-state index is 0. The number of sulfonamides is 1. The number of nitrogens with zero attached hydrogens (tertiary/aromatic N) is 2. The van der Waals surface area contributed by atoms with Gasteiger partial charge < -0.3 is 5.32 Å². The number of benzene rings is 1. The Balaban J connectivity index is 0.00000180. The smallest absolute Gasteiger partial charge is 0.289 e. The van der Waals surface area contributed by atoms with Crippen molar-refractivity contribution in [2.75, 3.05) is 20.1 Å². The average molecular weight is 308 g/mol. The first-order valence-electron chi connectivity index (χ1n) is 5.37. The van der Waals surface area contributed by atoms with Crippen molar-refractivity contribution >= 4 is 28.1 Å². The van der Waals surface area contributed by atoms with Crippen LogP contribution < -0.4 is 5.32 Å². The van der Waals surface area contributed by atoms with Crippen LogP contribution in [0.15, 0.2) is 29.2 Å². The molecule has 0 atom stereocenters. The molecule has 0 amide bonds. The molecule has 106 valence electrons. The summed E-state index contributed by atoms with van der Waals surface area (Å²) in [4.78, 5) is 9.91. The lowest BCUT2D eigenvalue weighted by Crippen LogP contribution is -2.57. The van der Waals surface area contributed by atoms with E-state index < -0.39 is 20.6 Å². The maximum absolute atomic E-state index is 12.3. The molecular weight excluding hydrogens is 294 g/mol. The second-order valence-electron chi connectivity index (χ2n) is 4.06. The molecule has 1 aliphatic heterocycles. The van der Waals surface area contributed by atoms with E-state index >= 15 is 0 Å². The summed E-state index contributed by atoms with van der Waals surface area (Å²) < 4.78 is 25.8. The third-order valence-corrected chi connectivity index (χ3v) is 4.95. The van der Waals surface area contributed by atoms with Gasteiger partial charge in [0, 0.05) is 32.2 Å². The summed E-state index contributed by atoms with van der Waals surface area (Å²) >= 11 is 0. The van der Waals surface area contributed by atoms with Gasteiger partial charge in [-0.2, -0.15) is 4.31 Å². The largest absolute Gasteiger partial charge is 0.313 e. The summed E-state index contributed by atoms with van der Waals surface area (Å²) in [6, 6.07) is 5.24. The van der Waals surface area contributed by atoms with Gasteiger partial charge in [-0.1, -0.05) is 12.1 Å². The van der Waals surface area contributed by atoms with E-state index in [-0.39, 0.29) is 23.3 Å². The molecule has 0 aliphatic carbocycles. The van der Waals surface area contributed by atoms with E-state index in [0.29, 0.717) is 13.1 Å². The van der Waals surface area contributed by atoms with E-state index in [0.717, 1.165) is 0 Å². The summed E-state index contributed by atoms with van der Waals surface area (Å²) in [5.41, 5.74) is -0.392. The Labute approximate surface area is 117 Å². The van der Waals surface area contributed by atoms with Crippen LogP contribution >= 0.6 is 12.4 Å². The Morgan fingerprint density at radius 1 is 1.37 bits per heavy atom. The Bertz CT molecular complexity index is 574. The molecule has 19 heavy (non-hydrogen) atoms. The average Bonchev–Trinajstić information content (AvgIpc) is 2.26. The molecule has 7 nitrogen and oxygen atoms in total. The van der Waals surface area contributed by atoms with Gasteiger partial charge in [0.15, 0.2) is 4.90 Å². The second-order valence-corrected chi connectivity index (χ2v) is 6.02. The summed E-state index contributed by atoms with van der Waals surface area (Å²) in [6.45, 7) is 1.13. The highest BCUT2D eigenvalue weighted by Gasteiger charge is 2.35. The number of nitro benzene ring substituents is 1. The fourth-order valence-corrected chi connectivity index (χ4v) is 3.22. The zero-order valence-electron chi connectivity index (χ0n) is 10.1. The van der Waals surface area contributed by atoms with E-state index in [1.807, 2.05) is 0 Å². The minimum atomic E-state index is -3.82. The van der Waals surface area contributed by atoms with Crippen LogP contribution in [-0.2, 0) is 10.0 Å². The number of hydrogen-bond acceptors (Lipinski definition) is 5. The van der Waals surface area contributed by atoms with E-state index in [2.05, 4.69) is 5.32 Å². The van der Waals surface area contributed by atoms with Crippen LogP contribution in [0.4, 0.5) is 5.69 Å². The molecule has 0 saturated carbocycles. The van der Waals surface area contributed by atoms with Crippen molar-refractivity contribution in [3.05, 3.63) is 34.4 Å². The first-order valence-corrected chi connectivity index (χ1v) is 6.81. The van der Waals surface area contributed by atoms with E-state index in [4.69, 9.17) is 0 Å². The van der Waals surface area contributed by atoms with Crippen LogP contribution in [0.1, 0.15) is 0 Å². The second kappa shape index (κ2) is 5.83. The monoisotopic (exact) mass is 307 g/mol. The fourth-order valence-electron chi connectivity index (χ4n) is 1.71. The molecule has 0 radical (unpaired) electrons. The van der Waals surface area contributed by atoms with Gasteiger partial charge in [0.25, 0.3) is 5.69 Å². The molecule has 1 aromatic rings. The number of nitro groups is 1. The standard InChI is InChI=1S/C10H13N3O4S.ClH/c1-12(8-6-11-7-8)18(16,17)10-5-3-2-4-9(10)13(14)15;/h2-5,8,11H,6-7H2,1H3;1H. The lowest BCUT2D eigenvalue weighted by Gasteiger charge is -2.34.